The number of nitrogens with one attached hydrogen (secondary N) is 1. The molecule has 0 aliphatic heterocycles. The average molecular weight is 361 g/mol. The molecular formula is C20H19N5O2. The quantitative estimate of drug-likeness (QED) is 0.227. The van der Waals surface area contributed by atoms with Gasteiger partial charge in [0.15, 0.2) is 0 Å². The Morgan fingerprint density at radius 3 is 2.33 bits per heavy atom. The van der Waals surface area contributed by atoms with Crippen LogP contribution in [0.15, 0.2) is 89.2 Å². The Kier molecular flexibility index (Phi) is 7.79. The third-order valence-electron chi connectivity index (χ3n) is 3.10. The number of hydrazone groups is 1. The first-order valence-electron chi connectivity index (χ1n) is 8.09. The second kappa shape index (κ2) is 10.8. The third-order valence-corrected chi connectivity index (χ3v) is 3.10. The topological polar surface area (TPSA) is 91.4 Å². The molecule has 1 N–H and O–H groups in total. The van der Waals surface area contributed by atoms with E-state index < -0.39 is 0 Å². The lowest BCUT2D eigenvalue weighted by molar-refractivity contribution is 0.364. The molecule has 2 aromatic carbocycles. The Bertz CT molecular complexity index is 884. The SMILES string of the molecule is C=CCOc1ccccc1N=NC(C#N)=NNc1ccccc1OCC=C. The van der Waals surface area contributed by atoms with Gasteiger partial charge in [-0.1, -0.05) is 49.6 Å². The number of anilines is 1. The summed E-state index contributed by atoms with van der Waals surface area (Å²) in [4.78, 5) is 0. The zero-order valence-electron chi connectivity index (χ0n) is 14.7. The van der Waals surface area contributed by atoms with Crippen LogP contribution in [-0.2, 0) is 0 Å². The molecule has 2 aromatic rings. The highest BCUT2D eigenvalue weighted by Crippen LogP contribution is 2.27. The number of amidine groups is 1. The van der Waals surface area contributed by atoms with Crippen LogP contribution in [0.1, 0.15) is 0 Å². The van der Waals surface area contributed by atoms with Crippen LogP contribution in [0.4, 0.5) is 11.4 Å². The van der Waals surface area contributed by atoms with Gasteiger partial charge in [0.05, 0.1) is 5.69 Å². The van der Waals surface area contributed by atoms with E-state index in [9.17, 15) is 5.26 Å². The van der Waals surface area contributed by atoms with Gasteiger partial charge < -0.3 is 9.47 Å². The summed E-state index contributed by atoms with van der Waals surface area (Å²) in [7, 11) is 0. The largest absolute Gasteiger partial charge is 0.487 e. The van der Waals surface area contributed by atoms with Gasteiger partial charge in [0.1, 0.15) is 36.5 Å². The minimum Gasteiger partial charge on any atom is -0.487 e. The molecule has 0 radical (unpaired) electrons. The molecule has 0 aromatic heterocycles. The van der Waals surface area contributed by atoms with Gasteiger partial charge in [0.25, 0.3) is 5.84 Å². The van der Waals surface area contributed by atoms with Crippen molar-refractivity contribution in [3.05, 3.63) is 73.8 Å². The maximum atomic E-state index is 9.24. The van der Waals surface area contributed by atoms with Gasteiger partial charge in [-0.25, -0.2) is 0 Å². The summed E-state index contributed by atoms with van der Waals surface area (Å²) >= 11 is 0. The Morgan fingerprint density at radius 2 is 1.63 bits per heavy atom. The molecule has 2 rings (SSSR count). The molecular weight excluding hydrogens is 342 g/mol. The Labute approximate surface area is 158 Å². The first kappa shape index (κ1) is 19.4. The van der Waals surface area contributed by atoms with Crippen LogP contribution in [0.3, 0.4) is 0 Å². The van der Waals surface area contributed by atoms with Crippen LogP contribution < -0.4 is 14.9 Å². The molecule has 0 atom stereocenters. The predicted molar refractivity (Wildman–Crippen MR) is 105 cm³/mol. The maximum absolute atomic E-state index is 9.24. The average Bonchev–Trinajstić information content (AvgIpc) is 2.72. The van der Waals surface area contributed by atoms with E-state index in [1.165, 1.54) is 0 Å². The van der Waals surface area contributed by atoms with Gasteiger partial charge in [0, 0.05) is 0 Å². The molecule has 136 valence electrons. The van der Waals surface area contributed by atoms with Crippen LogP contribution in [0.2, 0.25) is 0 Å². The first-order valence-corrected chi connectivity index (χ1v) is 8.09. The highest BCUT2D eigenvalue weighted by Gasteiger charge is 2.04. The summed E-state index contributed by atoms with van der Waals surface area (Å²) in [6.45, 7) is 7.92. The van der Waals surface area contributed by atoms with Gasteiger partial charge in [-0.05, 0) is 24.3 Å². The van der Waals surface area contributed by atoms with Crippen molar-refractivity contribution in [3.63, 3.8) is 0 Å². The second-order valence-electron chi connectivity index (χ2n) is 5.02. The molecule has 7 heteroatoms. The lowest BCUT2D eigenvalue weighted by Crippen LogP contribution is -2.00. The lowest BCUT2D eigenvalue weighted by Gasteiger charge is -2.08. The number of ether oxygens (including phenoxy) is 2. The monoisotopic (exact) mass is 361 g/mol. The van der Waals surface area contributed by atoms with Crippen LogP contribution in [0.25, 0.3) is 0 Å². The number of para-hydroxylation sites is 3. The highest BCUT2D eigenvalue weighted by atomic mass is 16.5. The van der Waals surface area contributed by atoms with Crippen molar-refractivity contribution in [2.75, 3.05) is 18.6 Å². The lowest BCUT2D eigenvalue weighted by atomic mass is 10.3. The van der Waals surface area contributed by atoms with Crippen LogP contribution in [-0.4, -0.2) is 19.0 Å². The van der Waals surface area contributed by atoms with Crippen molar-refractivity contribution in [1.82, 2.24) is 0 Å². The van der Waals surface area contributed by atoms with E-state index in [1.54, 1.807) is 42.5 Å². The van der Waals surface area contributed by atoms with Gasteiger partial charge in [-0.2, -0.15) is 5.26 Å². The predicted octanol–water partition coefficient (Wildman–Crippen LogP) is 4.85. The van der Waals surface area contributed by atoms with Crippen molar-refractivity contribution < 1.29 is 9.47 Å². The Hall–Kier alpha value is -3.92. The van der Waals surface area contributed by atoms with Crippen LogP contribution in [0, 0.1) is 11.3 Å². The fraction of sp³-hybridized carbons (Fsp3) is 0.100. The van der Waals surface area contributed by atoms with Crippen LogP contribution >= 0.6 is 0 Å². The summed E-state index contributed by atoms with van der Waals surface area (Å²) in [6, 6.07) is 16.2. The molecule has 0 aliphatic carbocycles. The van der Waals surface area contributed by atoms with Gasteiger partial charge in [0.2, 0.25) is 0 Å². The van der Waals surface area contributed by atoms with Crippen LogP contribution in [0.5, 0.6) is 11.5 Å². The molecule has 0 heterocycles. The molecule has 0 fully saturated rings. The Balaban J connectivity index is 2.14. The van der Waals surface area contributed by atoms with Gasteiger partial charge in [-0.15, -0.1) is 15.3 Å². The van der Waals surface area contributed by atoms with E-state index >= 15 is 0 Å². The molecule has 0 unspecified atom stereocenters. The standard InChI is InChI=1S/C20H19N5O2/c1-3-13-26-18-11-7-5-9-16(18)22-24-20(15-21)25-23-17-10-6-8-12-19(17)27-14-4-2/h3-12,22H,1-2,13-14H2. The fourth-order valence-corrected chi connectivity index (χ4v) is 1.93. The zero-order chi connectivity index (χ0) is 19.3. The van der Waals surface area contributed by atoms with E-state index in [1.807, 2.05) is 24.3 Å². The zero-order valence-corrected chi connectivity index (χ0v) is 14.7. The van der Waals surface area contributed by atoms with Gasteiger partial charge in [-0.3, -0.25) is 5.43 Å². The smallest absolute Gasteiger partial charge is 0.270 e. The summed E-state index contributed by atoms with van der Waals surface area (Å²) in [6.07, 6.45) is 3.27. The van der Waals surface area contributed by atoms with Crippen molar-refractivity contribution in [3.8, 4) is 17.6 Å². The van der Waals surface area contributed by atoms with Crippen molar-refractivity contribution in [1.29, 1.82) is 5.26 Å². The summed E-state index contributed by atoms with van der Waals surface area (Å²) in [5.41, 5.74) is 3.84. The number of nitrogens with zero attached hydrogens (tertiary/aromatic N) is 4. The van der Waals surface area contributed by atoms with E-state index in [2.05, 4.69) is 33.9 Å². The van der Waals surface area contributed by atoms with E-state index in [0.29, 0.717) is 36.1 Å². The molecule has 0 bridgehead atoms. The minimum absolute atomic E-state index is 0.146. The summed E-state index contributed by atoms with van der Waals surface area (Å²) < 4.78 is 11.0. The van der Waals surface area contributed by atoms with Crippen molar-refractivity contribution in [2.45, 2.75) is 0 Å². The van der Waals surface area contributed by atoms with E-state index in [-0.39, 0.29) is 5.84 Å². The van der Waals surface area contributed by atoms with Gasteiger partial charge >= 0.3 is 0 Å². The molecule has 0 spiro atoms. The second-order valence-corrected chi connectivity index (χ2v) is 5.02. The first-order chi connectivity index (χ1) is 13.3. The van der Waals surface area contributed by atoms with E-state index in [4.69, 9.17) is 9.47 Å². The van der Waals surface area contributed by atoms with E-state index in [0.717, 1.165) is 0 Å². The number of nitriles is 1. The number of hydrogen-bond donors (Lipinski definition) is 1. The molecule has 0 saturated carbocycles. The number of hydrogen-bond acceptors (Lipinski definition) is 6. The number of rotatable bonds is 9. The maximum Gasteiger partial charge on any atom is 0.270 e. The summed E-state index contributed by atoms with van der Waals surface area (Å²) in [5, 5.41) is 21.1. The van der Waals surface area contributed by atoms with Crippen molar-refractivity contribution in [2.24, 2.45) is 15.3 Å². The highest BCUT2D eigenvalue weighted by molar-refractivity contribution is 5.97. The normalized spacial score (nSPS) is 10.9. The van der Waals surface area contributed by atoms with Crippen molar-refractivity contribution >= 4 is 17.2 Å². The minimum atomic E-state index is -0.146. The Morgan fingerprint density at radius 1 is 1.00 bits per heavy atom. The molecule has 7 nitrogen and oxygen atoms in total. The summed E-state index contributed by atoms with van der Waals surface area (Å²) in [5.74, 6) is 0.972. The molecule has 0 amide bonds. The molecule has 0 saturated heterocycles. The molecule has 27 heavy (non-hydrogen) atoms. The number of benzene rings is 2. The molecule has 0 aliphatic rings. The third kappa shape index (κ3) is 6.14. The number of azo groups is 1. The fourth-order valence-electron chi connectivity index (χ4n) is 1.93.